The van der Waals surface area contributed by atoms with Crippen LogP contribution in [0.3, 0.4) is 0 Å². The summed E-state index contributed by atoms with van der Waals surface area (Å²) < 4.78 is 17.3. The van der Waals surface area contributed by atoms with Crippen LogP contribution in [-0.2, 0) is 28.6 Å². The maximum Gasteiger partial charge on any atom is 0.312 e. The van der Waals surface area contributed by atoms with Crippen LogP contribution in [0.5, 0.6) is 0 Å². The van der Waals surface area contributed by atoms with Crippen molar-refractivity contribution < 1.29 is 33.7 Å². The van der Waals surface area contributed by atoms with Gasteiger partial charge in [-0.05, 0) is 32.6 Å². The predicted molar refractivity (Wildman–Crippen MR) is 136 cm³/mol. The number of likely N-dealkylation sites (tertiary alicyclic amines) is 1. The average Bonchev–Trinajstić information content (AvgIpc) is 3.54. The zero-order valence-corrected chi connectivity index (χ0v) is 22.1. The van der Waals surface area contributed by atoms with E-state index < -0.39 is 35.6 Å². The molecular weight excluding hydrogens is 478 g/mol. The summed E-state index contributed by atoms with van der Waals surface area (Å²) in [4.78, 5) is 46.8. The van der Waals surface area contributed by atoms with Crippen molar-refractivity contribution in [3.63, 3.8) is 0 Å². The van der Waals surface area contributed by atoms with Crippen LogP contribution in [0, 0.1) is 11.8 Å². The number of unbranched alkanes of at least 4 members (excludes halogenated alkanes) is 3. The molecule has 0 saturated carbocycles. The van der Waals surface area contributed by atoms with Gasteiger partial charge in [0.1, 0.15) is 11.6 Å². The van der Waals surface area contributed by atoms with Gasteiger partial charge in [-0.15, -0.1) is 6.58 Å². The quantitative estimate of drug-likeness (QED) is 0.203. The summed E-state index contributed by atoms with van der Waals surface area (Å²) in [5.41, 5.74) is -1.00. The van der Waals surface area contributed by atoms with Crippen LogP contribution < -0.4 is 0 Å². The number of nitrogens with zero attached hydrogens (tertiary/aromatic N) is 3. The molecule has 2 bridgehead atoms. The van der Waals surface area contributed by atoms with Crippen molar-refractivity contribution in [3.8, 4) is 0 Å². The Labute approximate surface area is 219 Å². The molecule has 0 aromatic rings. The van der Waals surface area contributed by atoms with E-state index in [0.29, 0.717) is 52.1 Å². The van der Waals surface area contributed by atoms with Crippen molar-refractivity contribution in [3.05, 3.63) is 12.7 Å². The molecule has 1 spiro atoms. The number of carbonyl (C=O) groups is 3. The first kappa shape index (κ1) is 28.0. The molecule has 10 nitrogen and oxygen atoms in total. The molecule has 4 aliphatic heterocycles. The van der Waals surface area contributed by atoms with Crippen molar-refractivity contribution in [1.82, 2.24) is 14.7 Å². The average molecular weight is 522 g/mol. The van der Waals surface area contributed by atoms with Crippen molar-refractivity contribution in [2.75, 3.05) is 65.7 Å². The summed E-state index contributed by atoms with van der Waals surface area (Å²) in [5.74, 6) is -2.07. The molecule has 1 N–H and O–H groups in total. The molecule has 0 aromatic carbocycles. The van der Waals surface area contributed by atoms with Crippen LogP contribution in [0.4, 0.5) is 0 Å². The topological polar surface area (TPSA) is 109 Å². The molecule has 4 rings (SSSR count). The third-order valence-electron chi connectivity index (χ3n) is 8.35. The van der Waals surface area contributed by atoms with E-state index in [0.717, 1.165) is 38.9 Å². The summed E-state index contributed by atoms with van der Waals surface area (Å²) >= 11 is 0. The summed E-state index contributed by atoms with van der Waals surface area (Å²) in [7, 11) is 0. The normalized spacial score (nSPS) is 31.0. The van der Waals surface area contributed by atoms with Gasteiger partial charge in [0.15, 0.2) is 0 Å². The van der Waals surface area contributed by atoms with Crippen LogP contribution in [-0.4, -0.2) is 121 Å². The summed E-state index contributed by atoms with van der Waals surface area (Å²) in [6, 6.07) is -0.767. The predicted octanol–water partition coefficient (Wildman–Crippen LogP) is 0.824. The number of amides is 2. The lowest BCUT2D eigenvalue weighted by molar-refractivity contribution is -0.155. The number of carbonyl (C=O) groups excluding carboxylic acids is 3. The molecule has 4 fully saturated rings. The molecule has 5 atom stereocenters. The summed E-state index contributed by atoms with van der Waals surface area (Å²) in [5, 5.41) is 9.10. The zero-order valence-electron chi connectivity index (χ0n) is 22.1. The van der Waals surface area contributed by atoms with Gasteiger partial charge in [0.2, 0.25) is 11.8 Å². The molecule has 10 heteroatoms. The number of aliphatic hydroxyl groups excluding tert-OH is 1. The first-order valence-electron chi connectivity index (χ1n) is 13.9. The molecule has 0 aliphatic carbocycles. The molecule has 208 valence electrons. The SMILES string of the molecule is C=CCN(CCN1CCOCC1)C(=O)C1N(CCCCCCO)C(=O)[C@@H]2[C@@H](C(=O)OCC)[C@H]3CCC12O3. The van der Waals surface area contributed by atoms with Crippen LogP contribution in [0.15, 0.2) is 12.7 Å². The Morgan fingerprint density at radius 1 is 1.22 bits per heavy atom. The third-order valence-corrected chi connectivity index (χ3v) is 8.35. The van der Waals surface area contributed by atoms with Crippen LogP contribution in [0.25, 0.3) is 0 Å². The monoisotopic (exact) mass is 521 g/mol. The van der Waals surface area contributed by atoms with E-state index in [-0.39, 0.29) is 25.0 Å². The second kappa shape index (κ2) is 12.7. The van der Waals surface area contributed by atoms with Crippen LogP contribution in [0.2, 0.25) is 0 Å². The van der Waals surface area contributed by atoms with Gasteiger partial charge in [0.05, 0.1) is 37.8 Å². The van der Waals surface area contributed by atoms with Crippen molar-refractivity contribution in [2.45, 2.75) is 63.2 Å². The Kier molecular flexibility index (Phi) is 9.61. The number of hydrogen-bond acceptors (Lipinski definition) is 8. The van der Waals surface area contributed by atoms with Gasteiger partial charge in [0, 0.05) is 45.9 Å². The summed E-state index contributed by atoms with van der Waals surface area (Å²) in [6.45, 7) is 11.1. The highest BCUT2D eigenvalue weighted by atomic mass is 16.6. The van der Waals surface area contributed by atoms with Gasteiger partial charge in [-0.25, -0.2) is 0 Å². The maximum atomic E-state index is 14.2. The van der Waals surface area contributed by atoms with Gasteiger partial charge < -0.3 is 29.1 Å². The Balaban J connectivity index is 1.57. The number of ether oxygens (including phenoxy) is 3. The Hall–Kier alpha value is -2.01. The minimum absolute atomic E-state index is 0.135. The van der Waals surface area contributed by atoms with E-state index >= 15 is 0 Å². The number of hydrogen-bond donors (Lipinski definition) is 1. The highest BCUT2D eigenvalue weighted by Gasteiger charge is 2.74. The van der Waals surface area contributed by atoms with E-state index in [1.165, 1.54) is 0 Å². The van der Waals surface area contributed by atoms with Crippen molar-refractivity contribution in [1.29, 1.82) is 0 Å². The Morgan fingerprint density at radius 2 is 1.97 bits per heavy atom. The fourth-order valence-electron chi connectivity index (χ4n) is 6.63. The molecule has 37 heavy (non-hydrogen) atoms. The maximum absolute atomic E-state index is 14.2. The van der Waals surface area contributed by atoms with E-state index in [1.807, 2.05) is 0 Å². The zero-order chi connectivity index (χ0) is 26.4. The lowest BCUT2D eigenvalue weighted by Gasteiger charge is -2.37. The molecule has 2 amide bonds. The molecule has 4 aliphatic rings. The number of rotatable bonds is 14. The lowest BCUT2D eigenvalue weighted by atomic mass is 9.70. The summed E-state index contributed by atoms with van der Waals surface area (Å²) in [6.07, 6.45) is 5.68. The molecule has 2 unspecified atom stereocenters. The largest absolute Gasteiger partial charge is 0.466 e. The van der Waals surface area contributed by atoms with Crippen LogP contribution >= 0.6 is 0 Å². The molecule has 0 radical (unpaired) electrons. The number of fused-ring (bicyclic) bond motifs is 1. The minimum Gasteiger partial charge on any atom is -0.466 e. The van der Waals surface area contributed by atoms with E-state index in [4.69, 9.17) is 19.3 Å². The Bertz CT molecular complexity index is 833. The molecular formula is C27H43N3O7. The van der Waals surface area contributed by atoms with Crippen molar-refractivity contribution in [2.24, 2.45) is 11.8 Å². The first-order chi connectivity index (χ1) is 18.0. The Morgan fingerprint density at radius 3 is 2.68 bits per heavy atom. The number of esters is 1. The highest BCUT2D eigenvalue weighted by Crippen LogP contribution is 2.58. The first-order valence-corrected chi connectivity index (χ1v) is 13.9. The molecule has 4 heterocycles. The third kappa shape index (κ3) is 5.57. The standard InChI is InChI=1S/C27H43N3O7/c1-3-11-29(14-13-28-15-18-35-19-16-28)25(33)23-27-10-9-20(37-27)21(26(34)36-4-2)22(27)24(32)30(23)12-7-5-6-8-17-31/h3,20-23,31H,1,4-19H2,2H3/t20-,21+,22+,23?,27?/m1/s1. The van der Waals surface area contributed by atoms with Crippen LogP contribution in [0.1, 0.15) is 45.4 Å². The smallest absolute Gasteiger partial charge is 0.312 e. The number of aliphatic hydroxyl groups is 1. The molecule has 4 saturated heterocycles. The lowest BCUT2D eigenvalue weighted by Crippen LogP contribution is -2.57. The van der Waals surface area contributed by atoms with E-state index in [2.05, 4.69) is 11.5 Å². The second-order valence-electron chi connectivity index (χ2n) is 10.5. The second-order valence-corrected chi connectivity index (χ2v) is 10.5. The highest BCUT2D eigenvalue weighted by molar-refractivity contribution is 5.98. The number of morpholine rings is 1. The van der Waals surface area contributed by atoms with E-state index in [1.54, 1.807) is 22.8 Å². The molecule has 0 aromatic heterocycles. The van der Waals surface area contributed by atoms with Gasteiger partial charge in [-0.1, -0.05) is 18.9 Å². The van der Waals surface area contributed by atoms with E-state index in [9.17, 15) is 14.4 Å². The van der Waals surface area contributed by atoms with Crippen molar-refractivity contribution >= 4 is 17.8 Å². The fourth-order valence-corrected chi connectivity index (χ4v) is 6.63. The van der Waals surface area contributed by atoms with Gasteiger partial charge in [-0.2, -0.15) is 0 Å². The minimum atomic E-state index is -1.00. The van der Waals surface area contributed by atoms with Gasteiger partial charge in [-0.3, -0.25) is 19.3 Å². The van der Waals surface area contributed by atoms with Gasteiger partial charge >= 0.3 is 5.97 Å². The fraction of sp³-hybridized carbons (Fsp3) is 0.815. The van der Waals surface area contributed by atoms with Gasteiger partial charge in [0.25, 0.3) is 0 Å².